The van der Waals surface area contributed by atoms with E-state index >= 15 is 0 Å². The SMILES string of the molecule is O=C(NCc1cc(F)cc(F)c1)c1ccc(-n2[nH]c(Cc3ccc(F)cc3F)cc2=O)cc1. The van der Waals surface area contributed by atoms with Crippen LogP contribution in [0.5, 0.6) is 0 Å². The maximum atomic E-state index is 13.9. The van der Waals surface area contributed by atoms with Gasteiger partial charge >= 0.3 is 0 Å². The van der Waals surface area contributed by atoms with Crippen LogP contribution in [-0.2, 0) is 13.0 Å². The summed E-state index contributed by atoms with van der Waals surface area (Å²) in [5, 5.41) is 5.44. The number of hydrogen-bond acceptors (Lipinski definition) is 2. The molecule has 0 spiro atoms. The van der Waals surface area contributed by atoms with Crippen LogP contribution in [0, 0.1) is 23.3 Å². The fourth-order valence-corrected chi connectivity index (χ4v) is 3.36. The molecule has 0 aliphatic heterocycles. The number of H-pyrrole nitrogens is 1. The van der Waals surface area contributed by atoms with E-state index in [0.717, 1.165) is 30.3 Å². The average Bonchev–Trinajstić information content (AvgIpc) is 3.13. The zero-order valence-electron chi connectivity index (χ0n) is 17.0. The topological polar surface area (TPSA) is 66.9 Å². The number of nitrogens with one attached hydrogen (secondary N) is 2. The third kappa shape index (κ3) is 5.20. The molecule has 0 unspecified atom stereocenters. The van der Waals surface area contributed by atoms with Gasteiger partial charge in [-0.3, -0.25) is 14.7 Å². The summed E-state index contributed by atoms with van der Waals surface area (Å²) in [6.07, 6.45) is 0.0650. The lowest BCUT2D eigenvalue weighted by atomic mass is 10.1. The van der Waals surface area contributed by atoms with E-state index in [9.17, 15) is 27.2 Å². The van der Waals surface area contributed by atoms with Crippen LogP contribution >= 0.6 is 0 Å². The number of hydrogen-bond donors (Lipinski definition) is 2. The van der Waals surface area contributed by atoms with Crippen LogP contribution in [0.2, 0.25) is 0 Å². The van der Waals surface area contributed by atoms with Crippen LogP contribution in [0.3, 0.4) is 0 Å². The number of aromatic amines is 1. The van der Waals surface area contributed by atoms with Gasteiger partial charge in [0.15, 0.2) is 0 Å². The predicted octanol–water partition coefficient (Wildman–Crippen LogP) is 4.24. The number of aromatic nitrogens is 2. The summed E-state index contributed by atoms with van der Waals surface area (Å²) in [6, 6.07) is 13.6. The highest BCUT2D eigenvalue weighted by molar-refractivity contribution is 5.94. The van der Waals surface area contributed by atoms with Gasteiger partial charge in [0.1, 0.15) is 23.3 Å². The fraction of sp³-hybridized carbons (Fsp3) is 0.0833. The normalized spacial score (nSPS) is 10.9. The molecule has 4 aromatic rings. The summed E-state index contributed by atoms with van der Waals surface area (Å²) in [6.45, 7) is -0.0609. The number of halogens is 4. The fourth-order valence-electron chi connectivity index (χ4n) is 3.36. The van der Waals surface area contributed by atoms with Gasteiger partial charge < -0.3 is 5.32 Å². The zero-order valence-corrected chi connectivity index (χ0v) is 17.0. The van der Waals surface area contributed by atoms with Gasteiger partial charge in [-0.25, -0.2) is 22.2 Å². The van der Waals surface area contributed by atoms with Crippen molar-refractivity contribution >= 4 is 5.91 Å². The minimum Gasteiger partial charge on any atom is -0.348 e. The van der Waals surface area contributed by atoms with Gasteiger partial charge in [0.2, 0.25) is 0 Å². The van der Waals surface area contributed by atoms with E-state index in [1.807, 2.05) is 0 Å². The van der Waals surface area contributed by atoms with E-state index in [4.69, 9.17) is 0 Å². The van der Waals surface area contributed by atoms with E-state index in [-0.39, 0.29) is 29.7 Å². The molecule has 5 nitrogen and oxygen atoms in total. The van der Waals surface area contributed by atoms with E-state index in [2.05, 4.69) is 10.4 Å². The second-order valence-electron chi connectivity index (χ2n) is 7.37. The van der Waals surface area contributed by atoms with Gasteiger partial charge in [-0.05, 0) is 53.6 Å². The molecular formula is C24H17F4N3O2. The first-order chi connectivity index (χ1) is 15.8. The summed E-state index contributed by atoms with van der Waals surface area (Å²) < 4.78 is 54.7. The Morgan fingerprint density at radius 2 is 1.55 bits per heavy atom. The van der Waals surface area contributed by atoms with Crippen molar-refractivity contribution in [2.45, 2.75) is 13.0 Å². The lowest BCUT2D eigenvalue weighted by molar-refractivity contribution is 0.0950. The van der Waals surface area contributed by atoms with Crippen LogP contribution in [-0.4, -0.2) is 15.7 Å². The maximum absolute atomic E-state index is 13.9. The first-order valence-electron chi connectivity index (χ1n) is 9.87. The van der Waals surface area contributed by atoms with Crippen molar-refractivity contribution < 1.29 is 22.4 Å². The van der Waals surface area contributed by atoms with Crippen molar-refractivity contribution in [2.75, 3.05) is 0 Å². The Balaban J connectivity index is 1.45. The number of benzene rings is 3. The molecule has 0 saturated heterocycles. The average molecular weight is 455 g/mol. The maximum Gasteiger partial charge on any atom is 0.271 e. The molecule has 0 radical (unpaired) electrons. The van der Waals surface area contributed by atoms with Crippen molar-refractivity contribution in [3.05, 3.63) is 123 Å². The Hall–Kier alpha value is -4.14. The van der Waals surface area contributed by atoms with E-state index in [0.29, 0.717) is 11.4 Å². The highest BCUT2D eigenvalue weighted by atomic mass is 19.1. The third-order valence-electron chi connectivity index (χ3n) is 4.93. The molecule has 0 fully saturated rings. The lowest BCUT2D eigenvalue weighted by Crippen LogP contribution is -2.23. The number of amides is 1. The zero-order chi connectivity index (χ0) is 23.5. The predicted molar refractivity (Wildman–Crippen MR) is 113 cm³/mol. The van der Waals surface area contributed by atoms with E-state index < -0.39 is 34.7 Å². The second-order valence-corrected chi connectivity index (χ2v) is 7.37. The van der Waals surface area contributed by atoms with Crippen LogP contribution in [0.4, 0.5) is 17.6 Å². The minimum absolute atomic E-state index is 0.0609. The monoisotopic (exact) mass is 455 g/mol. The molecule has 0 aliphatic rings. The number of rotatable bonds is 6. The third-order valence-corrected chi connectivity index (χ3v) is 4.93. The van der Waals surface area contributed by atoms with Gasteiger partial charge in [-0.15, -0.1) is 0 Å². The summed E-state index contributed by atoms with van der Waals surface area (Å²) in [5.41, 5.74) is 1.27. The molecule has 9 heteroatoms. The molecular weight excluding hydrogens is 438 g/mol. The molecule has 0 bridgehead atoms. The minimum atomic E-state index is -0.735. The number of carbonyl (C=O) groups excluding carboxylic acids is 1. The smallest absolute Gasteiger partial charge is 0.271 e. The molecule has 4 rings (SSSR count). The summed E-state index contributed by atoms with van der Waals surface area (Å²) >= 11 is 0. The molecule has 3 aromatic carbocycles. The largest absolute Gasteiger partial charge is 0.348 e. The Morgan fingerprint density at radius 3 is 2.21 bits per heavy atom. The van der Waals surface area contributed by atoms with Crippen molar-refractivity contribution in [1.82, 2.24) is 15.1 Å². The molecule has 0 aliphatic carbocycles. The van der Waals surface area contributed by atoms with Crippen molar-refractivity contribution in [1.29, 1.82) is 0 Å². The molecule has 1 amide bonds. The Kier molecular flexibility index (Phi) is 6.12. The summed E-state index contributed by atoms with van der Waals surface area (Å²) in [5.74, 6) is -3.32. The van der Waals surface area contributed by atoms with Crippen molar-refractivity contribution in [3.63, 3.8) is 0 Å². The Labute approximate surface area is 185 Å². The van der Waals surface area contributed by atoms with E-state index in [1.165, 1.54) is 41.1 Å². The highest BCUT2D eigenvalue weighted by Crippen LogP contribution is 2.14. The Bertz CT molecular complexity index is 1360. The molecule has 0 atom stereocenters. The van der Waals surface area contributed by atoms with Gasteiger partial charge in [0.05, 0.1) is 5.69 Å². The van der Waals surface area contributed by atoms with Gasteiger partial charge in [-0.2, -0.15) is 0 Å². The van der Waals surface area contributed by atoms with Crippen molar-refractivity contribution in [3.8, 4) is 5.69 Å². The van der Waals surface area contributed by atoms with Gasteiger partial charge in [-0.1, -0.05) is 6.07 Å². The van der Waals surface area contributed by atoms with Crippen LogP contribution < -0.4 is 10.9 Å². The van der Waals surface area contributed by atoms with Crippen LogP contribution in [0.1, 0.15) is 27.2 Å². The van der Waals surface area contributed by atoms with Crippen LogP contribution in [0.15, 0.2) is 71.5 Å². The second kappa shape index (κ2) is 9.15. The first kappa shape index (κ1) is 22.1. The molecule has 2 N–H and O–H groups in total. The van der Waals surface area contributed by atoms with E-state index in [1.54, 1.807) is 0 Å². The Morgan fingerprint density at radius 1 is 0.848 bits per heavy atom. The molecule has 1 heterocycles. The van der Waals surface area contributed by atoms with Crippen molar-refractivity contribution in [2.24, 2.45) is 0 Å². The van der Waals surface area contributed by atoms with Gasteiger partial charge in [0.25, 0.3) is 11.5 Å². The number of nitrogens with zero attached hydrogens (tertiary/aromatic N) is 1. The lowest BCUT2D eigenvalue weighted by Gasteiger charge is -2.07. The molecule has 0 saturated carbocycles. The molecule has 168 valence electrons. The summed E-state index contributed by atoms with van der Waals surface area (Å²) in [7, 11) is 0. The molecule has 33 heavy (non-hydrogen) atoms. The quantitative estimate of drug-likeness (QED) is 0.427. The van der Waals surface area contributed by atoms with Gasteiger partial charge in [0, 0.05) is 42.4 Å². The standard InChI is InChI=1S/C24H17F4N3O2/c25-17-4-1-16(22(28)11-17)9-20-12-23(32)31(30-20)21-5-2-15(3-6-21)24(33)29-13-14-7-18(26)10-19(27)8-14/h1-8,10-12,30H,9,13H2,(H,29,33). The van der Waals surface area contributed by atoms with Crippen LogP contribution in [0.25, 0.3) is 5.69 Å². The molecule has 1 aromatic heterocycles. The summed E-state index contributed by atoms with van der Waals surface area (Å²) in [4.78, 5) is 24.7. The highest BCUT2D eigenvalue weighted by Gasteiger charge is 2.11. The number of carbonyl (C=O) groups is 1. The first-order valence-corrected chi connectivity index (χ1v) is 9.87.